The molecule has 17 heavy (non-hydrogen) atoms. The predicted molar refractivity (Wildman–Crippen MR) is 69.4 cm³/mol. The molecule has 0 saturated heterocycles. The van der Waals surface area contributed by atoms with Crippen molar-refractivity contribution in [3.63, 3.8) is 0 Å². The summed E-state index contributed by atoms with van der Waals surface area (Å²) in [6.45, 7) is 1.69. The van der Waals surface area contributed by atoms with Gasteiger partial charge >= 0.3 is 0 Å². The summed E-state index contributed by atoms with van der Waals surface area (Å²) in [5, 5.41) is 2.53. The molecule has 0 radical (unpaired) electrons. The van der Waals surface area contributed by atoms with Crippen molar-refractivity contribution in [2.75, 3.05) is 0 Å². The molecule has 2 rings (SSSR count). The lowest BCUT2D eigenvalue weighted by atomic mass is 10.4. The van der Waals surface area contributed by atoms with Gasteiger partial charge in [-0.15, -0.1) is 11.3 Å². The molecule has 90 valence electrons. The first-order valence-electron chi connectivity index (χ1n) is 4.91. The monoisotopic (exact) mass is 269 g/mol. The second-order valence-corrected chi connectivity index (χ2v) is 5.76. The number of fused-ring (bicyclic) bond motifs is 1. The van der Waals surface area contributed by atoms with Crippen LogP contribution in [-0.4, -0.2) is 20.7 Å². The number of nitrogens with two attached hydrogens (primary N) is 1. The third kappa shape index (κ3) is 2.20. The molecule has 0 aliphatic carbocycles. The second kappa shape index (κ2) is 4.50. The molecule has 2 aromatic rings. The minimum absolute atomic E-state index is 0.101. The fourth-order valence-electron chi connectivity index (χ4n) is 1.30. The van der Waals surface area contributed by atoms with Gasteiger partial charge in [0.05, 0.1) is 10.6 Å². The second-order valence-electron chi connectivity index (χ2n) is 3.56. The van der Waals surface area contributed by atoms with E-state index in [1.165, 1.54) is 27.7 Å². The summed E-state index contributed by atoms with van der Waals surface area (Å²) in [6.07, 6.45) is 0. The van der Waals surface area contributed by atoms with Gasteiger partial charge in [0.1, 0.15) is 4.83 Å². The highest BCUT2D eigenvalue weighted by Gasteiger charge is 2.15. The number of carbonyl (C=O) groups is 1. The quantitative estimate of drug-likeness (QED) is 0.665. The van der Waals surface area contributed by atoms with Crippen molar-refractivity contribution in [1.29, 1.82) is 0 Å². The van der Waals surface area contributed by atoms with Crippen molar-refractivity contribution < 1.29 is 4.79 Å². The molecule has 1 amide bonds. The first-order valence-corrected chi connectivity index (χ1v) is 6.67. The van der Waals surface area contributed by atoms with Gasteiger partial charge in [0.25, 0.3) is 5.56 Å². The van der Waals surface area contributed by atoms with Gasteiger partial charge in [-0.05, 0) is 18.4 Å². The lowest BCUT2D eigenvalue weighted by Gasteiger charge is -2.09. The number of hydrogen-bond acceptors (Lipinski definition) is 5. The van der Waals surface area contributed by atoms with E-state index in [-0.39, 0.29) is 5.56 Å². The zero-order valence-corrected chi connectivity index (χ0v) is 11.0. The average molecular weight is 269 g/mol. The summed E-state index contributed by atoms with van der Waals surface area (Å²) in [7, 11) is 1.64. The van der Waals surface area contributed by atoms with E-state index < -0.39 is 11.2 Å². The predicted octanol–water partition coefficient (Wildman–Crippen LogP) is 0.961. The van der Waals surface area contributed by atoms with Crippen LogP contribution in [0.15, 0.2) is 21.4 Å². The van der Waals surface area contributed by atoms with E-state index >= 15 is 0 Å². The van der Waals surface area contributed by atoms with Crippen LogP contribution in [0.25, 0.3) is 10.2 Å². The van der Waals surface area contributed by atoms with Crippen molar-refractivity contribution in [3.8, 4) is 0 Å². The van der Waals surface area contributed by atoms with E-state index in [9.17, 15) is 9.59 Å². The highest BCUT2D eigenvalue weighted by Crippen LogP contribution is 2.23. The minimum atomic E-state index is -0.421. The summed E-state index contributed by atoms with van der Waals surface area (Å²) in [6, 6.07) is 1.75. The lowest BCUT2D eigenvalue weighted by molar-refractivity contribution is -0.117. The van der Waals surface area contributed by atoms with E-state index in [0.29, 0.717) is 15.4 Å². The number of aromatic nitrogens is 2. The molecule has 0 spiro atoms. The number of thioether (sulfide) groups is 1. The Bertz CT molecular complexity index is 632. The molecule has 0 aliphatic rings. The Balaban J connectivity index is 2.51. The maximum absolute atomic E-state index is 12.0. The zero-order valence-electron chi connectivity index (χ0n) is 9.34. The van der Waals surface area contributed by atoms with Crippen LogP contribution < -0.4 is 11.3 Å². The topological polar surface area (TPSA) is 78.0 Å². The smallest absolute Gasteiger partial charge is 0.262 e. The van der Waals surface area contributed by atoms with Crippen LogP contribution in [0.4, 0.5) is 0 Å². The molecule has 2 N–H and O–H groups in total. The molecule has 5 nitrogen and oxygen atoms in total. The summed E-state index contributed by atoms with van der Waals surface area (Å²) in [5.41, 5.74) is 5.09. The van der Waals surface area contributed by atoms with Gasteiger partial charge in [0.2, 0.25) is 5.91 Å². The van der Waals surface area contributed by atoms with Gasteiger partial charge in [-0.2, -0.15) is 0 Å². The molecule has 0 unspecified atom stereocenters. The van der Waals surface area contributed by atoms with Gasteiger partial charge in [-0.3, -0.25) is 14.2 Å². The van der Waals surface area contributed by atoms with E-state index in [4.69, 9.17) is 5.73 Å². The van der Waals surface area contributed by atoms with Crippen molar-refractivity contribution in [3.05, 3.63) is 21.8 Å². The summed E-state index contributed by atoms with van der Waals surface area (Å²) in [5.74, 6) is -0.421. The standard InChI is InChI=1S/C10H11N3O2S2/c1-5(7(11)14)17-10-12-8-6(3-4-16-8)9(15)13(10)2/h3-5H,1-2H3,(H2,11,14)/t5-/m1/s1. The van der Waals surface area contributed by atoms with Crippen molar-refractivity contribution in [2.24, 2.45) is 12.8 Å². The molecule has 0 saturated carbocycles. The number of amides is 1. The number of carbonyl (C=O) groups excluding carboxylic acids is 1. The zero-order chi connectivity index (χ0) is 12.6. The third-order valence-corrected chi connectivity index (χ3v) is 4.32. The van der Waals surface area contributed by atoms with Crippen molar-refractivity contribution in [1.82, 2.24) is 9.55 Å². The fourth-order valence-corrected chi connectivity index (χ4v) is 2.93. The van der Waals surface area contributed by atoms with Crippen LogP contribution in [0.5, 0.6) is 0 Å². The lowest BCUT2D eigenvalue weighted by Crippen LogP contribution is -2.25. The molecule has 2 aromatic heterocycles. The van der Waals surface area contributed by atoms with E-state index in [2.05, 4.69) is 4.98 Å². The SMILES string of the molecule is C[C@@H](Sc1nc2sccc2c(=O)n1C)C(N)=O. The van der Waals surface area contributed by atoms with Crippen LogP contribution in [0.1, 0.15) is 6.92 Å². The Morgan fingerprint density at radius 1 is 1.65 bits per heavy atom. The Morgan fingerprint density at radius 2 is 2.35 bits per heavy atom. The first-order chi connectivity index (χ1) is 8.00. The normalized spacial score (nSPS) is 12.8. The van der Waals surface area contributed by atoms with Gasteiger partial charge in [0.15, 0.2) is 5.16 Å². The van der Waals surface area contributed by atoms with Crippen molar-refractivity contribution in [2.45, 2.75) is 17.3 Å². The number of rotatable bonds is 3. The number of hydrogen-bond donors (Lipinski definition) is 1. The number of nitrogens with zero attached hydrogens (tertiary/aromatic N) is 2. The largest absolute Gasteiger partial charge is 0.369 e. The third-order valence-electron chi connectivity index (χ3n) is 2.35. The molecular formula is C10H11N3O2S2. The van der Waals surface area contributed by atoms with Gasteiger partial charge < -0.3 is 5.73 Å². The number of primary amides is 1. The Kier molecular flexibility index (Phi) is 3.21. The minimum Gasteiger partial charge on any atom is -0.369 e. The molecule has 0 aromatic carbocycles. The molecule has 0 fully saturated rings. The van der Waals surface area contributed by atoms with E-state index in [1.807, 2.05) is 5.38 Å². The fraction of sp³-hybridized carbons (Fsp3) is 0.300. The Labute approximate surface area is 106 Å². The molecule has 7 heteroatoms. The Hall–Kier alpha value is -1.34. The summed E-state index contributed by atoms with van der Waals surface area (Å²) >= 11 is 2.60. The summed E-state index contributed by atoms with van der Waals surface area (Å²) in [4.78, 5) is 28.0. The summed E-state index contributed by atoms with van der Waals surface area (Å²) < 4.78 is 1.44. The van der Waals surface area contributed by atoms with Crippen LogP contribution in [-0.2, 0) is 11.8 Å². The molecular weight excluding hydrogens is 258 g/mol. The first kappa shape index (κ1) is 12.1. The maximum atomic E-state index is 12.0. The maximum Gasteiger partial charge on any atom is 0.262 e. The van der Waals surface area contributed by atoms with Gasteiger partial charge in [-0.25, -0.2) is 4.98 Å². The molecule has 0 bridgehead atoms. The number of thiophene rings is 1. The van der Waals surface area contributed by atoms with Crippen LogP contribution >= 0.6 is 23.1 Å². The molecule has 1 atom stereocenters. The molecule has 0 aliphatic heterocycles. The van der Waals surface area contributed by atoms with Crippen LogP contribution in [0.2, 0.25) is 0 Å². The van der Waals surface area contributed by atoms with Crippen LogP contribution in [0, 0.1) is 0 Å². The van der Waals surface area contributed by atoms with Crippen LogP contribution in [0.3, 0.4) is 0 Å². The highest BCUT2D eigenvalue weighted by molar-refractivity contribution is 8.00. The van der Waals surface area contributed by atoms with Gasteiger partial charge in [0, 0.05) is 7.05 Å². The Morgan fingerprint density at radius 3 is 3.00 bits per heavy atom. The average Bonchev–Trinajstić information content (AvgIpc) is 2.73. The van der Waals surface area contributed by atoms with Gasteiger partial charge in [-0.1, -0.05) is 11.8 Å². The highest BCUT2D eigenvalue weighted by atomic mass is 32.2. The van der Waals surface area contributed by atoms with E-state index in [0.717, 1.165) is 0 Å². The van der Waals surface area contributed by atoms with Crippen molar-refractivity contribution >= 4 is 39.2 Å². The molecule has 2 heterocycles. The van der Waals surface area contributed by atoms with E-state index in [1.54, 1.807) is 20.0 Å².